The Labute approximate surface area is 85.7 Å². The number of rotatable bonds is 2. The molecule has 13 heavy (non-hydrogen) atoms. The summed E-state index contributed by atoms with van der Waals surface area (Å²) in [5.41, 5.74) is 0. The van der Waals surface area contributed by atoms with Gasteiger partial charge in [-0.1, -0.05) is 0 Å². The van der Waals surface area contributed by atoms with Crippen LogP contribution in [0.2, 0.25) is 0 Å². The Morgan fingerprint density at radius 2 is 1.00 bits per heavy atom. The van der Waals surface area contributed by atoms with Crippen molar-refractivity contribution >= 4 is 11.9 Å². The van der Waals surface area contributed by atoms with Crippen molar-refractivity contribution in [3.63, 3.8) is 0 Å². The van der Waals surface area contributed by atoms with Crippen LogP contribution in [0.3, 0.4) is 0 Å². The number of aliphatic carboxylic acids is 2. The molecule has 0 saturated heterocycles. The van der Waals surface area contributed by atoms with Crippen LogP contribution in [0.4, 0.5) is 0 Å². The van der Waals surface area contributed by atoms with Gasteiger partial charge in [0.05, 0.1) is 0 Å². The molecule has 6 nitrogen and oxygen atoms in total. The number of aliphatic hydroxyl groups is 2. The van der Waals surface area contributed by atoms with E-state index in [0.717, 1.165) is 0 Å². The van der Waals surface area contributed by atoms with Crippen LogP contribution < -0.4 is 0 Å². The maximum Gasteiger partial charge on any atom is 0.332 e. The monoisotopic (exact) mass is 235 g/mol. The van der Waals surface area contributed by atoms with Crippen molar-refractivity contribution < 1.29 is 47.1 Å². The summed E-state index contributed by atoms with van der Waals surface area (Å²) in [6.07, 6.45) is -2.46. The Kier molecular flexibility index (Phi) is 13.3. The fourth-order valence-electron chi connectivity index (χ4n) is 0. The normalized spacial score (nSPS) is 12.6. The molecule has 2 atom stereocenters. The van der Waals surface area contributed by atoms with E-state index in [1.807, 2.05) is 0 Å². The van der Waals surface area contributed by atoms with Crippen molar-refractivity contribution in [1.29, 1.82) is 0 Å². The molecule has 0 heterocycles. The molecule has 7 heteroatoms. The van der Waals surface area contributed by atoms with Gasteiger partial charge < -0.3 is 20.4 Å². The Hall–Kier alpha value is -0.621. The molecule has 4 N–H and O–H groups in total. The Morgan fingerprint density at radius 1 is 0.923 bits per heavy atom. The van der Waals surface area contributed by atoms with Gasteiger partial charge in [-0.15, -0.1) is 0 Å². The molecule has 0 saturated carbocycles. The van der Waals surface area contributed by atoms with Gasteiger partial charge in [-0.3, -0.25) is 0 Å². The Morgan fingerprint density at radius 3 is 1.00 bits per heavy atom. The molecule has 0 aliphatic heterocycles. The molecule has 0 aromatic carbocycles. The first-order valence-electron chi connectivity index (χ1n) is 3.10. The average molecular weight is 235 g/mol. The van der Waals surface area contributed by atoms with Gasteiger partial charge in [0.25, 0.3) is 0 Å². The van der Waals surface area contributed by atoms with Crippen LogP contribution in [-0.2, 0) is 26.7 Å². The summed E-state index contributed by atoms with van der Waals surface area (Å²) < 4.78 is 0. The molecule has 0 rings (SSSR count). The molecule has 0 amide bonds. The second-order valence-electron chi connectivity index (χ2n) is 2.03. The van der Waals surface area contributed by atoms with Gasteiger partial charge in [-0.25, -0.2) is 9.59 Å². The van der Waals surface area contributed by atoms with Crippen molar-refractivity contribution in [2.75, 3.05) is 0 Å². The molecule has 0 bridgehead atoms. The van der Waals surface area contributed by atoms with E-state index >= 15 is 0 Å². The minimum atomic E-state index is -1.23. The number of carbonyl (C=O) groups is 2. The zero-order valence-corrected chi connectivity index (χ0v) is 8.32. The number of hydrogen-bond donors (Lipinski definition) is 4. The summed E-state index contributed by atoms with van der Waals surface area (Å²) in [7, 11) is 0. The van der Waals surface area contributed by atoms with Gasteiger partial charge in [0, 0.05) is 17.1 Å². The van der Waals surface area contributed by atoms with Crippen LogP contribution in [0.5, 0.6) is 0 Å². The smallest absolute Gasteiger partial charge is 0.332 e. The number of carboxylic acid groups (broad SMARTS) is 2. The predicted molar refractivity (Wildman–Crippen MR) is 38.6 cm³/mol. The van der Waals surface area contributed by atoms with Gasteiger partial charge in [0.15, 0.2) is 0 Å². The van der Waals surface area contributed by atoms with Crippen LogP contribution >= 0.6 is 0 Å². The first kappa shape index (κ1) is 18.2. The minimum Gasteiger partial charge on any atom is -0.479 e. The number of carboxylic acids is 2. The van der Waals surface area contributed by atoms with E-state index in [1.165, 1.54) is 13.8 Å². The maximum absolute atomic E-state index is 9.45. The van der Waals surface area contributed by atoms with E-state index in [1.54, 1.807) is 0 Å². The minimum absolute atomic E-state index is 0. The fourth-order valence-corrected chi connectivity index (χ4v) is 0. The summed E-state index contributed by atoms with van der Waals surface area (Å²) >= 11 is 0. The van der Waals surface area contributed by atoms with E-state index < -0.39 is 24.1 Å². The zero-order chi connectivity index (χ0) is 10.3. The largest absolute Gasteiger partial charge is 0.479 e. The number of hydrogen-bond acceptors (Lipinski definition) is 4. The molecule has 2 unspecified atom stereocenters. The molecule has 0 fully saturated rings. The third kappa shape index (κ3) is 18.4. The van der Waals surface area contributed by atoms with Crippen molar-refractivity contribution in [3.8, 4) is 0 Å². The quantitative estimate of drug-likeness (QED) is 0.451. The summed E-state index contributed by atoms with van der Waals surface area (Å²) in [6, 6.07) is 0. The summed E-state index contributed by atoms with van der Waals surface area (Å²) in [5.74, 6) is -2.37. The van der Waals surface area contributed by atoms with E-state index in [0.29, 0.717) is 0 Å². The zero-order valence-electron chi connectivity index (χ0n) is 7.14. The van der Waals surface area contributed by atoms with Crippen molar-refractivity contribution in [2.24, 2.45) is 0 Å². The third-order valence-corrected chi connectivity index (χ3v) is 0.715. The summed E-state index contributed by atoms with van der Waals surface area (Å²) in [5, 5.41) is 31.5. The fraction of sp³-hybridized carbons (Fsp3) is 0.667. The van der Waals surface area contributed by atoms with Crippen LogP contribution in [0.25, 0.3) is 0 Å². The molecule has 0 aromatic heterocycles. The second kappa shape index (κ2) is 9.47. The Bertz CT molecular complexity index is 137. The molecule has 1 radical (unpaired) electrons. The van der Waals surface area contributed by atoms with Gasteiger partial charge >= 0.3 is 11.9 Å². The van der Waals surface area contributed by atoms with E-state index in [4.69, 9.17) is 20.4 Å². The summed E-state index contributed by atoms with van der Waals surface area (Å²) in [4.78, 5) is 18.9. The second-order valence-corrected chi connectivity index (χ2v) is 2.03. The van der Waals surface area contributed by atoms with Gasteiger partial charge in [-0.05, 0) is 13.8 Å². The van der Waals surface area contributed by atoms with Gasteiger partial charge in [0.2, 0.25) is 0 Å². The molecule has 0 aromatic rings. The first-order valence-corrected chi connectivity index (χ1v) is 3.10. The van der Waals surface area contributed by atoms with E-state index in [9.17, 15) is 9.59 Å². The van der Waals surface area contributed by atoms with Gasteiger partial charge in [-0.2, -0.15) is 0 Å². The molecule has 79 valence electrons. The average Bonchev–Trinajstić information content (AvgIpc) is 1.88. The molecular formula is C6H12MnO6. The standard InChI is InChI=1S/2C3H6O3.Mn/c2*1-2(4)3(5)6;/h2*2,4H,1H3,(H,5,6);. The topological polar surface area (TPSA) is 115 Å². The van der Waals surface area contributed by atoms with E-state index in [-0.39, 0.29) is 17.1 Å². The van der Waals surface area contributed by atoms with Crippen molar-refractivity contribution in [3.05, 3.63) is 0 Å². The van der Waals surface area contributed by atoms with Crippen molar-refractivity contribution in [1.82, 2.24) is 0 Å². The van der Waals surface area contributed by atoms with Crippen molar-refractivity contribution in [2.45, 2.75) is 26.1 Å². The van der Waals surface area contributed by atoms with E-state index in [2.05, 4.69) is 0 Å². The SMILES string of the molecule is CC(O)C(=O)O.CC(O)C(=O)O.[Mn]. The van der Waals surface area contributed by atoms with Crippen LogP contribution in [-0.4, -0.2) is 44.6 Å². The first-order chi connectivity index (χ1) is 5.29. The van der Waals surface area contributed by atoms with Crippen LogP contribution in [0, 0.1) is 0 Å². The molecule has 0 aliphatic carbocycles. The van der Waals surface area contributed by atoms with Gasteiger partial charge in [0.1, 0.15) is 12.2 Å². The molecule has 0 spiro atoms. The predicted octanol–water partition coefficient (Wildman–Crippen LogP) is -1.10. The third-order valence-electron chi connectivity index (χ3n) is 0.715. The maximum atomic E-state index is 9.45. The molecule has 0 aliphatic rings. The summed E-state index contributed by atoms with van der Waals surface area (Å²) in [6.45, 7) is 2.39. The molecular weight excluding hydrogens is 223 g/mol. The Balaban J connectivity index is -0.000000143. The van der Waals surface area contributed by atoms with Crippen LogP contribution in [0.1, 0.15) is 13.8 Å². The number of aliphatic hydroxyl groups excluding tert-OH is 2. The van der Waals surface area contributed by atoms with Crippen LogP contribution in [0.15, 0.2) is 0 Å².